The third-order valence-electron chi connectivity index (χ3n) is 4.34. The van der Waals surface area contributed by atoms with E-state index in [4.69, 9.17) is 21.3 Å². The van der Waals surface area contributed by atoms with Gasteiger partial charge in [0.1, 0.15) is 17.8 Å². The lowest BCUT2D eigenvalue weighted by Crippen LogP contribution is -2.24. The number of fused-ring (bicyclic) bond motifs is 2. The molecule has 0 radical (unpaired) electrons. The monoisotopic (exact) mass is 402 g/mol. The summed E-state index contributed by atoms with van der Waals surface area (Å²) in [7, 11) is 0. The number of nitrogens with zero attached hydrogens (tertiary/aromatic N) is 6. The van der Waals surface area contributed by atoms with Gasteiger partial charge in [-0.05, 0) is 0 Å². The van der Waals surface area contributed by atoms with E-state index in [1.165, 1.54) is 10.9 Å². The Morgan fingerprint density at radius 1 is 1.28 bits per heavy atom. The number of nitrogens with two attached hydrogens (primary N) is 2. The molecule has 4 aromatic rings. The molecular formula is C15H18N10O4. The molecule has 4 aromatic heterocycles. The molecule has 1 fully saturated rings. The fourth-order valence-electron chi connectivity index (χ4n) is 2.95. The zero-order valence-electron chi connectivity index (χ0n) is 14.9. The molecule has 5 rings (SSSR count). The molecule has 1 aliphatic heterocycles. The number of aromatic nitrogens is 8. The van der Waals surface area contributed by atoms with Crippen LogP contribution in [0.4, 0.5) is 11.9 Å². The first kappa shape index (κ1) is 18.7. The van der Waals surface area contributed by atoms with Gasteiger partial charge in [-0.3, -0.25) is 14.3 Å². The molecule has 0 spiro atoms. The van der Waals surface area contributed by atoms with Gasteiger partial charge in [0.15, 0.2) is 16.8 Å². The molecule has 0 aromatic carbocycles. The predicted molar refractivity (Wildman–Crippen MR) is 100 cm³/mol. The van der Waals surface area contributed by atoms with E-state index in [9.17, 15) is 9.90 Å². The summed E-state index contributed by atoms with van der Waals surface area (Å²) in [6.45, 7) is -0.277. The summed E-state index contributed by atoms with van der Waals surface area (Å²) < 4.78 is 7.01. The second-order valence-corrected chi connectivity index (χ2v) is 6.26. The third-order valence-corrected chi connectivity index (χ3v) is 4.34. The Bertz CT molecular complexity index is 1200. The van der Waals surface area contributed by atoms with Crippen molar-refractivity contribution in [3.63, 3.8) is 0 Å². The average Bonchev–Trinajstić information content (AvgIpc) is 3.39. The van der Waals surface area contributed by atoms with E-state index in [0.717, 1.165) is 5.52 Å². The average molecular weight is 402 g/mol. The van der Waals surface area contributed by atoms with Crippen LogP contribution in [-0.2, 0) is 4.74 Å². The molecule has 3 atom stereocenters. The first-order valence-electron chi connectivity index (χ1n) is 8.54. The minimum absolute atomic E-state index is 0.0171. The minimum Gasteiger partial charge on any atom is -0.394 e. The zero-order valence-corrected chi connectivity index (χ0v) is 14.9. The van der Waals surface area contributed by atoms with Crippen LogP contribution in [0, 0.1) is 0 Å². The molecule has 152 valence electrons. The van der Waals surface area contributed by atoms with E-state index in [0.29, 0.717) is 5.65 Å². The van der Waals surface area contributed by atoms with Gasteiger partial charge in [-0.15, -0.1) is 0 Å². The Hall–Kier alpha value is -3.62. The largest absolute Gasteiger partial charge is 0.394 e. The molecule has 14 nitrogen and oxygen atoms in total. The van der Waals surface area contributed by atoms with E-state index in [-0.39, 0.29) is 36.1 Å². The highest BCUT2D eigenvalue weighted by atomic mass is 16.5. The summed E-state index contributed by atoms with van der Waals surface area (Å²) in [5, 5.41) is 18.8. The van der Waals surface area contributed by atoms with Crippen LogP contribution >= 0.6 is 0 Å². The second kappa shape index (κ2) is 7.42. The summed E-state index contributed by atoms with van der Waals surface area (Å²) in [6.07, 6.45) is 2.89. The van der Waals surface area contributed by atoms with Crippen LogP contribution < -0.4 is 17.0 Å². The van der Waals surface area contributed by atoms with Gasteiger partial charge in [0.25, 0.3) is 5.56 Å². The van der Waals surface area contributed by atoms with Crippen LogP contribution in [0.5, 0.6) is 0 Å². The van der Waals surface area contributed by atoms with Crippen molar-refractivity contribution >= 4 is 34.2 Å². The van der Waals surface area contributed by atoms with Crippen LogP contribution in [0.1, 0.15) is 12.6 Å². The van der Waals surface area contributed by atoms with Crippen molar-refractivity contribution in [2.24, 2.45) is 0 Å². The van der Waals surface area contributed by atoms with Gasteiger partial charge < -0.3 is 31.4 Å². The van der Waals surface area contributed by atoms with Gasteiger partial charge in [-0.2, -0.15) is 9.97 Å². The summed E-state index contributed by atoms with van der Waals surface area (Å²) >= 11 is 0. The van der Waals surface area contributed by atoms with E-state index in [1.54, 1.807) is 12.5 Å². The second-order valence-electron chi connectivity index (χ2n) is 6.26. The first-order chi connectivity index (χ1) is 14.0. The van der Waals surface area contributed by atoms with Gasteiger partial charge in [0.05, 0.1) is 31.6 Å². The van der Waals surface area contributed by atoms with Crippen molar-refractivity contribution in [2.45, 2.75) is 24.9 Å². The van der Waals surface area contributed by atoms with Gasteiger partial charge in [-0.25, -0.2) is 15.0 Å². The van der Waals surface area contributed by atoms with Gasteiger partial charge in [0, 0.05) is 6.42 Å². The van der Waals surface area contributed by atoms with Crippen LogP contribution in [0.2, 0.25) is 0 Å². The number of nitrogen functional groups attached to an aromatic ring is 2. The molecule has 0 aliphatic carbocycles. The van der Waals surface area contributed by atoms with Crippen molar-refractivity contribution in [3.05, 3.63) is 29.2 Å². The maximum Gasteiger partial charge on any atom is 0.280 e. The highest BCUT2D eigenvalue weighted by Crippen LogP contribution is 2.30. The molecule has 29 heavy (non-hydrogen) atoms. The van der Waals surface area contributed by atoms with Crippen molar-refractivity contribution < 1.29 is 14.9 Å². The highest BCUT2D eigenvalue weighted by molar-refractivity contribution is 5.70. The number of ether oxygens (including phenoxy) is 1. The molecule has 1 saturated heterocycles. The van der Waals surface area contributed by atoms with Crippen LogP contribution in [0.15, 0.2) is 23.6 Å². The van der Waals surface area contributed by atoms with Crippen LogP contribution in [0.25, 0.3) is 22.3 Å². The summed E-state index contributed by atoms with van der Waals surface area (Å²) in [4.78, 5) is 36.3. The van der Waals surface area contributed by atoms with Gasteiger partial charge in [-0.1, -0.05) is 0 Å². The SMILES string of the molecule is Nc1nc2c(ncn2[C@H]2C[C@H](O)[C@@H](CO)O2)c(=O)[nH]1.Nc1ncc2[nH]cnc2n1. The third kappa shape index (κ3) is 3.58. The molecule has 1 aliphatic rings. The van der Waals surface area contributed by atoms with E-state index in [2.05, 4.69) is 34.9 Å². The van der Waals surface area contributed by atoms with Crippen LogP contribution in [0.3, 0.4) is 0 Å². The number of hydrogen-bond acceptors (Lipinski definition) is 11. The van der Waals surface area contributed by atoms with E-state index >= 15 is 0 Å². The quantitative estimate of drug-likeness (QED) is 0.221. The summed E-state index contributed by atoms with van der Waals surface area (Å²) in [5.74, 6) is 0.233. The highest BCUT2D eigenvalue weighted by Gasteiger charge is 2.35. The Labute approximate surface area is 161 Å². The van der Waals surface area contributed by atoms with Crippen molar-refractivity contribution in [1.29, 1.82) is 0 Å². The van der Waals surface area contributed by atoms with Crippen molar-refractivity contribution in [3.8, 4) is 0 Å². The number of aromatic amines is 2. The van der Waals surface area contributed by atoms with E-state index in [1.807, 2.05) is 0 Å². The molecule has 5 heterocycles. The van der Waals surface area contributed by atoms with Gasteiger partial charge in [0.2, 0.25) is 11.9 Å². The lowest BCUT2D eigenvalue weighted by molar-refractivity contribution is -0.0432. The Morgan fingerprint density at radius 3 is 2.86 bits per heavy atom. The standard InChI is InChI=1S/C10H13N5O4.C5H5N5/c11-10-13-8-7(9(18)14-10)12-3-15(8)6-1-4(17)5(2-16)19-6;6-5-7-1-3-4(10-5)9-2-8-3/h3-6,16-17H,1-2H2,(H3,11,13,14,18);1-2H,(H3,6,7,8,9,10)/t4-,5+,6+;/m0./s1. The molecule has 0 amide bonds. The predicted octanol–water partition coefficient (Wildman–Crippen LogP) is -1.72. The fourth-order valence-corrected chi connectivity index (χ4v) is 2.95. The van der Waals surface area contributed by atoms with Crippen molar-refractivity contribution in [2.75, 3.05) is 18.1 Å². The van der Waals surface area contributed by atoms with Crippen LogP contribution in [-0.4, -0.2) is 68.5 Å². The number of H-pyrrole nitrogens is 2. The number of aliphatic hydroxyl groups excluding tert-OH is 2. The molecule has 0 unspecified atom stereocenters. The minimum atomic E-state index is -0.771. The molecule has 8 N–H and O–H groups in total. The summed E-state index contributed by atoms with van der Waals surface area (Å²) in [5.41, 5.74) is 12.2. The number of rotatable bonds is 2. The molecular weight excluding hydrogens is 384 g/mol. The lowest BCUT2D eigenvalue weighted by Gasteiger charge is -2.13. The maximum atomic E-state index is 11.6. The maximum absolute atomic E-state index is 11.6. The number of imidazole rings is 2. The Kier molecular flexibility index (Phi) is 4.79. The Morgan fingerprint density at radius 2 is 2.10 bits per heavy atom. The number of nitrogens with one attached hydrogen (secondary N) is 2. The van der Waals surface area contributed by atoms with Gasteiger partial charge >= 0.3 is 0 Å². The summed E-state index contributed by atoms with van der Waals surface area (Å²) in [6, 6.07) is 0. The smallest absolute Gasteiger partial charge is 0.280 e. The molecule has 0 saturated carbocycles. The Balaban J connectivity index is 0.000000171. The topological polar surface area (TPSA) is 220 Å². The fraction of sp³-hybridized carbons (Fsp3) is 0.333. The number of aliphatic hydroxyl groups is 2. The van der Waals surface area contributed by atoms with Crippen molar-refractivity contribution in [1.82, 2.24) is 39.5 Å². The number of hydrogen-bond donors (Lipinski definition) is 6. The van der Waals surface area contributed by atoms with E-state index < -0.39 is 24.0 Å². The molecule has 0 bridgehead atoms. The first-order valence-corrected chi connectivity index (χ1v) is 8.54. The zero-order chi connectivity index (χ0) is 20.5. The number of anilines is 2. The normalized spacial score (nSPS) is 21.4. The molecule has 14 heteroatoms. The lowest BCUT2D eigenvalue weighted by atomic mass is 10.2.